The molecule has 0 bridgehead atoms. The summed E-state index contributed by atoms with van der Waals surface area (Å²) >= 11 is 0. The summed E-state index contributed by atoms with van der Waals surface area (Å²) in [6, 6.07) is 2.14. The summed E-state index contributed by atoms with van der Waals surface area (Å²) in [6.07, 6.45) is 3.71. The summed E-state index contributed by atoms with van der Waals surface area (Å²) in [4.78, 5) is 16.8. The number of aromatic nitrogens is 3. The zero-order valence-corrected chi connectivity index (χ0v) is 11.8. The van der Waals surface area contributed by atoms with Gasteiger partial charge in [0, 0.05) is 24.0 Å². The van der Waals surface area contributed by atoms with Gasteiger partial charge in [0.1, 0.15) is 5.56 Å². The summed E-state index contributed by atoms with van der Waals surface area (Å²) in [5.74, 6) is -0.0915. The van der Waals surface area contributed by atoms with Crippen LogP contribution in [0.25, 0.3) is 5.65 Å². The molecule has 0 radical (unpaired) electrons. The van der Waals surface area contributed by atoms with E-state index in [0.717, 1.165) is 37.3 Å². The zero-order valence-electron chi connectivity index (χ0n) is 11.8. The minimum Gasteiger partial charge on any atom is -0.348 e. The molecule has 1 atom stereocenters. The minimum atomic E-state index is -0.0915. The molecular formula is C14H19N5O. The van der Waals surface area contributed by atoms with Crippen LogP contribution < -0.4 is 10.6 Å². The van der Waals surface area contributed by atoms with Crippen LogP contribution in [-0.4, -0.2) is 39.6 Å². The topological polar surface area (TPSA) is 71.3 Å². The molecule has 0 unspecified atom stereocenters. The molecule has 2 N–H and O–H groups in total. The first-order valence-corrected chi connectivity index (χ1v) is 6.99. The van der Waals surface area contributed by atoms with Gasteiger partial charge >= 0.3 is 0 Å². The van der Waals surface area contributed by atoms with Crippen LogP contribution in [-0.2, 0) is 0 Å². The number of rotatable bonds is 2. The second kappa shape index (κ2) is 5.20. The Labute approximate surface area is 117 Å². The molecule has 1 aliphatic rings. The number of nitrogens with zero attached hydrogens (tertiary/aromatic N) is 3. The van der Waals surface area contributed by atoms with Gasteiger partial charge in [-0.3, -0.25) is 4.79 Å². The molecule has 1 fully saturated rings. The number of carbonyl (C=O) groups is 1. The number of hydrogen-bond donors (Lipinski definition) is 2. The largest absolute Gasteiger partial charge is 0.348 e. The van der Waals surface area contributed by atoms with Crippen LogP contribution in [0.15, 0.2) is 12.3 Å². The predicted octanol–water partition coefficient (Wildman–Crippen LogP) is 0.828. The van der Waals surface area contributed by atoms with Crippen molar-refractivity contribution in [1.29, 1.82) is 0 Å². The van der Waals surface area contributed by atoms with Gasteiger partial charge in [-0.1, -0.05) is 0 Å². The average molecular weight is 273 g/mol. The number of amides is 1. The number of piperidine rings is 1. The zero-order chi connectivity index (χ0) is 14.1. The van der Waals surface area contributed by atoms with E-state index in [1.165, 1.54) is 0 Å². The minimum absolute atomic E-state index is 0.0915. The van der Waals surface area contributed by atoms with E-state index in [1.807, 2.05) is 19.9 Å². The van der Waals surface area contributed by atoms with E-state index in [-0.39, 0.29) is 11.9 Å². The van der Waals surface area contributed by atoms with Crippen molar-refractivity contribution in [2.45, 2.75) is 32.7 Å². The molecule has 0 aromatic carbocycles. The van der Waals surface area contributed by atoms with Gasteiger partial charge in [0.05, 0.1) is 6.20 Å². The van der Waals surface area contributed by atoms with Gasteiger partial charge in [-0.05, 0) is 39.3 Å². The lowest BCUT2D eigenvalue weighted by molar-refractivity contribution is 0.0932. The highest BCUT2D eigenvalue weighted by Crippen LogP contribution is 2.12. The number of hydrogen-bond acceptors (Lipinski definition) is 4. The van der Waals surface area contributed by atoms with Crippen LogP contribution >= 0.6 is 0 Å². The molecule has 1 aliphatic heterocycles. The smallest absolute Gasteiger partial charge is 0.257 e. The van der Waals surface area contributed by atoms with E-state index in [4.69, 9.17) is 0 Å². The van der Waals surface area contributed by atoms with E-state index >= 15 is 0 Å². The molecule has 1 amide bonds. The summed E-state index contributed by atoms with van der Waals surface area (Å²) < 4.78 is 1.71. The quantitative estimate of drug-likeness (QED) is 0.850. The molecule has 106 valence electrons. The maximum Gasteiger partial charge on any atom is 0.257 e. The standard InChI is InChI=1S/C14H19N5O/c1-9-6-10(2)19-13(17-9)12(8-16-19)14(20)18-11-4-3-5-15-7-11/h6,8,11,15H,3-5,7H2,1-2H3,(H,18,20)/t11-/m1/s1. The first kappa shape index (κ1) is 13.1. The van der Waals surface area contributed by atoms with E-state index in [2.05, 4.69) is 20.7 Å². The molecule has 6 nitrogen and oxygen atoms in total. The van der Waals surface area contributed by atoms with Crippen molar-refractivity contribution in [3.8, 4) is 0 Å². The second-order valence-electron chi connectivity index (χ2n) is 5.35. The molecular weight excluding hydrogens is 254 g/mol. The maximum atomic E-state index is 12.4. The highest BCUT2D eigenvalue weighted by Gasteiger charge is 2.20. The highest BCUT2D eigenvalue weighted by atomic mass is 16.1. The van der Waals surface area contributed by atoms with E-state index in [1.54, 1.807) is 10.7 Å². The van der Waals surface area contributed by atoms with Gasteiger partial charge in [-0.2, -0.15) is 5.10 Å². The Morgan fingerprint density at radius 2 is 2.35 bits per heavy atom. The van der Waals surface area contributed by atoms with Gasteiger partial charge in [0.15, 0.2) is 5.65 Å². The number of fused-ring (bicyclic) bond motifs is 1. The lowest BCUT2D eigenvalue weighted by Gasteiger charge is -2.23. The van der Waals surface area contributed by atoms with Crippen molar-refractivity contribution >= 4 is 11.6 Å². The monoisotopic (exact) mass is 273 g/mol. The highest BCUT2D eigenvalue weighted by molar-refractivity contribution is 5.99. The fraction of sp³-hybridized carbons (Fsp3) is 0.500. The Morgan fingerprint density at radius 1 is 1.50 bits per heavy atom. The summed E-state index contributed by atoms with van der Waals surface area (Å²) in [7, 11) is 0. The fourth-order valence-corrected chi connectivity index (χ4v) is 2.67. The lowest BCUT2D eigenvalue weighted by atomic mass is 10.1. The first-order chi connectivity index (χ1) is 9.65. The van der Waals surface area contributed by atoms with Gasteiger partial charge in [-0.15, -0.1) is 0 Å². The van der Waals surface area contributed by atoms with Gasteiger partial charge < -0.3 is 10.6 Å². The fourth-order valence-electron chi connectivity index (χ4n) is 2.67. The van der Waals surface area contributed by atoms with Crippen molar-refractivity contribution in [2.24, 2.45) is 0 Å². The van der Waals surface area contributed by atoms with Crippen LogP contribution in [0, 0.1) is 13.8 Å². The van der Waals surface area contributed by atoms with Gasteiger partial charge in [0.2, 0.25) is 0 Å². The van der Waals surface area contributed by atoms with E-state index in [9.17, 15) is 4.79 Å². The van der Waals surface area contributed by atoms with Gasteiger partial charge in [0.25, 0.3) is 5.91 Å². The van der Waals surface area contributed by atoms with Crippen molar-refractivity contribution in [3.05, 3.63) is 29.2 Å². The van der Waals surface area contributed by atoms with Crippen LogP contribution in [0.4, 0.5) is 0 Å². The Bertz CT molecular complexity index is 642. The van der Waals surface area contributed by atoms with Crippen LogP contribution in [0.3, 0.4) is 0 Å². The molecule has 0 aliphatic carbocycles. The molecule has 3 heterocycles. The van der Waals surface area contributed by atoms with Crippen molar-refractivity contribution in [3.63, 3.8) is 0 Å². The molecule has 3 rings (SSSR count). The van der Waals surface area contributed by atoms with Crippen molar-refractivity contribution in [1.82, 2.24) is 25.2 Å². The predicted molar refractivity (Wildman–Crippen MR) is 75.8 cm³/mol. The van der Waals surface area contributed by atoms with Gasteiger partial charge in [-0.25, -0.2) is 9.50 Å². The summed E-state index contributed by atoms with van der Waals surface area (Å²) in [5.41, 5.74) is 3.04. The SMILES string of the molecule is Cc1cc(C)n2ncc(C(=O)N[C@@H]3CCCNC3)c2n1. The maximum absolute atomic E-state index is 12.4. The average Bonchev–Trinajstić information content (AvgIpc) is 2.84. The first-order valence-electron chi connectivity index (χ1n) is 6.99. The third-order valence-corrected chi connectivity index (χ3v) is 3.65. The molecule has 0 saturated carbocycles. The third kappa shape index (κ3) is 2.38. The molecule has 1 saturated heterocycles. The van der Waals surface area contributed by atoms with E-state index < -0.39 is 0 Å². The normalized spacial score (nSPS) is 19.2. The number of nitrogens with one attached hydrogen (secondary N) is 2. The Balaban J connectivity index is 1.87. The molecule has 6 heteroatoms. The van der Waals surface area contributed by atoms with Crippen LogP contribution in [0.2, 0.25) is 0 Å². The summed E-state index contributed by atoms with van der Waals surface area (Å²) in [6.45, 7) is 5.74. The molecule has 2 aromatic rings. The molecule has 2 aromatic heterocycles. The number of carbonyl (C=O) groups excluding carboxylic acids is 1. The summed E-state index contributed by atoms with van der Waals surface area (Å²) in [5, 5.41) is 10.6. The van der Waals surface area contributed by atoms with Crippen molar-refractivity contribution in [2.75, 3.05) is 13.1 Å². The Morgan fingerprint density at radius 3 is 3.10 bits per heavy atom. The molecule has 20 heavy (non-hydrogen) atoms. The van der Waals surface area contributed by atoms with E-state index in [0.29, 0.717) is 11.2 Å². The molecule has 0 spiro atoms. The van der Waals surface area contributed by atoms with Crippen LogP contribution in [0.5, 0.6) is 0 Å². The van der Waals surface area contributed by atoms with Crippen LogP contribution in [0.1, 0.15) is 34.6 Å². The second-order valence-corrected chi connectivity index (χ2v) is 5.35. The van der Waals surface area contributed by atoms with Crippen molar-refractivity contribution < 1.29 is 4.79 Å². The third-order valence-electron chi connectivity index (χ3n) is 3.65. The Kier molecular flexibility index (Phi) is 3.40. The Hall–Kier alpha value is -1.95. The lowest BCUT2D eigenvalue weighted by Crippen LogP contribution is -2.45. The number of aryl methyl sites for hydroxylation is 2.